The minimum absolute atomic E-state index is 0.342. The third kappa shape index (κ3) is 3.20. The van der Waals surface area contributed by atoms with Crippen LogP contribution in [0.5, 0.6) is 5.75 Å². The molecule has 1 aromatic rings. The Bertz CT molecular complexity index is 348. The Balaban J connectivity index is 2.02. The number of phenols is 1. The Morgan fingerprint density at radius 2 is 2.06 bits per heavy atom. The Morgan fingerprint density at radius 1 is 1.35 bits per heavy atom. The summed E-state index contributed by atoms with van der Waals surface area (Å²) in [5.74, 6) is 1.01. The quantitative estimate of drug-likeness (QED) is 0.837. The van der Waals surface area contributed by atoms with Gasteiger partial charge in [0, 0.05) is 32.2 Å². The van der Waals surface area contributed by atoms with Crippen LogP contribution in [0.2, 0.25) is 0 Å². The molecule has 94 valence electrons. The molecule has 3 nitrogen and oxygen atoms in total. The maximum atomic E-state index is 9.28. The minimum Gasteiger partial charge on any atom is -0.508 e. The second-order valence-electron chi connectivity index (χ2n) is 5.15. The summed E-state index contributed by atoms with van der Waals surface area (Å²) in [6.07, 6.45) is 0. The number of piperazine rings is 1. The summed E-state index contributed by atoms with van der Waals surface area (Å²) in [5, 5.41) is 12.7. The molecule has 1 saturated heterocycles. The average molecular weight is 234 g/mol. The van der Waals surface area contributed by atoms with E-state index < -0.39 is 0 Å². The highest BCUT2D eigenvalue weighted by Gasteiger charge is 2.24. The molecule has 1 aliphatic heterocycles. The normalized spacial score (nSPS) is 21.9. The molecule has 1 heterocycles. The van der Waals surface area contributed by atoms with Gasteiger partial charge in [-0.15, -0.1) is 0 Å². The van der Waals surface area contributed by atoms with Gasteiger partial charge in [-0.2, -0.15) is 0 Å². The van der Waals surface area contributed by atoms with Crippen molar-refractivity contribution in [2.24, 2.45) is 5.92 Å². The number of phenolic OH excluding ortho intramolecular Hbond substituents is 1. The number of hydrogen-bond donors (Lipinski definition) is 2. The van der Waals surface area contributed by atoms with E-state index in [2.05, 4.69) is 24.1 Å². The zero-order chi connectivity index (χ0) is 12.3. The van der Waals surface area contributed by atoms with Crippen LogP contribution >= 0.6 is 0 Å². The standard InChI is InChI=1S/C14H22N2O/c1-11(2)14-9-15-7-8-16(14)10-12-3-5-13(17)6-4-12/h3-6,11,14-15,17H,7-10H2,1-2H3. The van der Waals surface area contributed by atoms with Crippen molar-refractivity contribution in [3.05, 3.63) is 29.8 Å². The van der Waals surface area contributed by atoms with Crippen LogP contribution in [-0.4, -0.2) is 35.7 Å². The molecular formula is C14H22N2O. The summed E-state index contributed by atoms with van der Waals surface area (Å²) in [6, 6.07) is 8.16. The Kier molecular flexibility index (Phi) is 4.02. The van der Waals surface area contributed by atoms with E-state index >= 15 is 0 Å². The lowest BCUT2D eigenvalue weighted by Gasteiger charge is -2.38. The van der Waals surface area contributed by atoms with E-state index in [1.807, 2.05) is 12.1 Å². The van der Waals surface area contributed by atoms with Crippen molar-refractivity contribution in [3.8, 4) is 5.75 Å². The first-order chi connectivity index (χ1) is 8.16. The monoisotopic (exact) mass is 234 g/mol. The molecule has 0 aliphatic carbocycles. The van der Waals surface area contributed by atoms with Crippen molar-refractivity contribution in [1.82, 2.24) is 10.2 Å². The van der Waals surface area contributed by atoms with Crippen LogP contribution in [-0.2, 0) is 6.54 Å². The van der Waals surface area contributed by atoms with Crippen molar-refractivity contribution < 1.29 is 5.11 Å². The number of hydrogen-bond acceptors (Lipinski definition) is 3. The third-order valence-corrected chi connectivity index (χ3v) is 3.49. The average Bonchev–Trinajstić information content (AvgIpc) is 2.32. The first kappa shape index (κ1) is 12.4. The largest absolute Gasteiger partial charge is 0.508 e. The van der Waals surface area contributed by atoms with Gasteiger partial charge in [-0.05, 0) is 23.6 Å². The first-order valence-corrected chi connectivity index (χ1v) is 6.39. The summed E-state index contributed by atoms with van der Waals surface area (Å²) in [6.45, 7) is 8.79. The molecule has 0 saturated carbocycles. The summed E-state index contributed by atoms with van der Waals surface area (Å²) >= 11 is 0. The van der Waals surface area contributed by atoms with Crippen LogP contribution in [0.1, 0.15) is 19.4 Å². The fourth-order valence-electron chi connectivity index (χ4n) is 2.46. The number of benzene rings is 1. The van der Waals surface area contributed by atoms with Gasteiger partial charge in [-0.1, -0.05) is 26.0 Å². The molecule has 1 fully saturated rings. The second-order valence-corrected chi connectivity index (χ2v) is 5.15. The molecule has 2 rings (SSSR count). The molecule has 1 aromatic carbocycles. The van der Waals surface area contributed by atoms with Gasteiger partial charge in [0.15, 0.2) is 0 Å². The molecule has 17 heavy (non-hydrogen) atoms. The SMILES string of the molecule is CC(C)C1CNCCN1Cc1ccc(O)cc1. The van der Waals surface area contributed by atoms with Crippen molar-refractivity contribution in [1.29, 1.82) is 0 Å². The Morgan fingerprint density at radius 3 is 2.71 bits per heavy atom. The van der Waals surface area contributed by atoms with E-state index in [4.69, 9.17) is 0 Å². The molecule has 0 radical (unpaired) electrons. The van der Waals surface area contributed by atoms with E-state index in [-0.39, 0.29) is 0 Å². The molecular weight excluding hydrogens is 212 g/mol. The highest BCUT2D eigenvalue weighted by Crippen LogP contribution is 2.17. The van der Waals surface area contributed by atoms with E-state index in [1.165, 1.54) is 5.56 Å². The van der Waals surface area contributed by atoms with Gasteiger partial charge in [0.05, 0.1) is 0 Å². The van der Waals surface area contributed by atoms with E-state index in [9.17, 15) is 5.11 Å². The zero-order valence-corrected chi connectivity index (χ0v) is 10.7. The predicted molar refractivity (Wildman–Crippen MR) is 70.0 cm³/mol. The lowest BCUT2D eigenvalue weighted by Crippen LogP contribution is -2.52. The van der Waals surface area contributed by atoms with Gasteiger partial charge in [-0.3, -0.25) is 4.90 Å². The fourth-order valence-corrected chi connectivity index (χ4v) is 2.46. The van der Waals surface area contributed by atoms with Gasteiger partial charge in [-0.25, -0.2) is 0 Å². The molecule has 1 aliphatic rings. The van der Waals surface area contributed by atoms with Crippen LogP contribution in [0.25, 0.3) is 0 Å². The van der Waals surface area contributed by atoms with Crippen LogP contribution in [0.15, 0.2) is 24.3 Å². The van der Waals surface area contributed by atoms with Gasteiger partial charge in [0.1, 0.15) is 5.75 Å². The number of aromatic hydroxyl groups is 1. The highest BCUT2D eigenvalue weighted by atomic mass is 16.3. The van der Waals surface area contributed by atoms with Crippen LogP contribution in [0.4, 0.5) is 0 Å². The summed E-state index contributed by atoms with van der Waals surface area (Å²) in [7, 11) is 0. The molecule has 1 unspecified atom stereocenters. The topological polar surface area (TPSA) is 35.5 Å². The molecule has 3 heteroatoms. The van der Waals surface area contributed by atoms with Crippen molar-refractivity contribution >= 4 is 0 Å². The number of nitrogens with one attached hydrogen (secondary N) is 1. The lowest BCUT2D eigenvalue weighted by molar-refractivity contribution is 0.117. The van der Waals surface area contributed by atoms with Crippen molar-refractivity contribution in [3.63, 3.8) is 0 Å². The third-order valence-electron chi connectivity index (χ3n) is 3.49. The molecule has 0 bridgehead atoms. The number of rotatable bonds is 3. The van der Waals surface area contributed by atoms with Crippen LogP contribution < -0.4 is 5.32 Å². The molecule has 0 aromatic heterocycles. The minimum atomic E-state index is 0.342. The maximum absolute atomic E-state index is 9.28. The zero-order valence-electron chi connectivity index (χ0n) is 10.7. The van der Waals surface area contributed by atoms with Gasteiger partial charge >= 0.3 is 0 Å². The van der Waals surface area contributed by atoms with Crippen LogP contribution in [0, 0.1) is 5.92 Å². The van der Waals surface area contributed by atoms with Gasteiger partial charge < -0.3 is 10.4 Å². The van der Waals surface area contributed by atoms with Crippen LogP contribution in [0.3, 0.4) is 0 Å². The Labute approximate surface area is 103 Å². The molecule has 1 atom stereocenters. The van der Waals surface area contributed by atoms with E-state index in [1.54, 1.807) is 12.1 Å². The smallest absolute Gasteiger partial charge is 0.115 e. The van der Waals surface area contributed by atoms with Gasteiger partial charge in [0.25, 0.3) is 0 Å². The summed E-state index contributed by atoms with van der Waals surface area (Å²) in [5.41, 5.74) is 1.27. The molecule has 0 spiro atoms. The van der Waals surface area contributed by atoms with E-state index in [0.29, 0.717) is 17.7 Å². The van der Waals surface area contributed by atoms with E-state index in [0.717, 1.165) is 26.2 Å². The van der Waals surface area contributed by atoms with Crippen molar-refractivity contribution in [2.45, 2.75) is 26.4 Å². The maximum Gasteiger partial charge on any atom is 0.115 e. The fraction of sp³-hybridized carbons (Fsp3) is 0.571. The first-order valence-electron chi connectivity index (χ1n) is 6.39. The lowest BCUT2D eigenvalue weighted by atomic mass is 10.00. The summed E-state index contributed by atoms with van der Waals surface area (Å²) in [4.78, 5) is 2.54. The molecule has 0 amide bonds. The highest BCUT2D eigenvalue weighted by molar-refractivity contribution is 5.25. The predicted octanol–water partition coefficient (Wildman–Crippen LogP) is 1.82. The second kappa shape index (κ2) is 5.52. The van der Waals surface area contributed by atoms with Gasteiger partial charge in [0.2, 0.25) is 0 Å². The Hall–Kier alpha value is -1.06. The van der Waals surface area contributed by atoms with Crippen molar-refractivity contribution in [2.75, 3.05) is 19.6 Å². The summed E-state index contributed by atoms with van der Waals surface area (Å²) < 4.78 is 0. The molecule has 2 N–H and O–H groups in total. The number of nitrogens with zero attached hydrogens (tertiary/aromatic N) is 1.